The third-order valence-corrected chi connectivity index (χ3v) is 6.13. The van der Waals surface area contributed by atoms with Gasteiger partial charge in [0.1, 0.15) is 12.3 Å². The Labute approximate surface area is 148 Å². The number of alkyl halides is 2. The van der Waals surface area contributed by atoms with Gasteiger partial charge in [-0.1, -0.05) is 0 Å². The van der Waals surface area contributed by atoms with Gasteiger partial charge in [-0.15, -0.1) is 0 Å². The number of halogens is 2. The van der Waals surface area contributed by atoms with Crippen molar-refractivity contribution in [1.82, 2.24) is 9.80 Å². The van der Waals surface area contributed by atoms with Crippen LogP contribution >= 0.6 is 0 Å². The van der Waals surface area contributed by atoms with Crippen LogP contribution in [0.15, 0.2) is 0 Å². The Bertz CT molecular complexity index is 430. The summed E-state index contributed by atoms with van der Waals surface area (Å²) in [6.07, 6.45) is 3.83. The molecule has 1 aliphatic heterocycles. The zero-order chi connectivity index (χ0) is 17.8. The van der Waals surface area contributed by atoms with E-state index in [1.54, 1.807) is 0 Å². The second kappa shape index (κ2) is 8.45. The van der Waals surface area contributed by atoms with Crippen molar-refractivity contribution < 1.29 is 18.4 Å². The average Bonchev–Trinajstić information content (AvgIpc) is 2.88. The lowest BCUT2D eigenvalue weighted by atomic mass is 9.87. The molecule has 0 atom stereocenters. The van der Waals surface area contributed by atoms with Gasteiger partial charge in [-0.2, -0.15) is 0 Å². The second-order valence-electron chi connectivity index (χ2n) is 7.90. The molecule has 2 aliphatic carbocycles. The Morgan fingerprint density at radius 3 is 1.32 bits per heavy atom. The highest BCUT2D eigenvalue weighted by Gasteiger charge is 2.33. The molecule has 0 aromatic rings. The number of nitrogens with zero attached hydrogens (tertiary/aromatic N) is 2. The summed E-state index contributed by atoms with van der Waals surface area (Å²) >= 11 is 0. The predicted molar refractivity (Wildman–Crippen MR) is 91.5 cm³/mol. The molecule has 142 valence electrons. The van der Waals surface area contributed by atoms with Crippen molar-refractivity contribution in [3.63, 3.8) is 0 Å². The van der Waals surface area contributed by atoms with Gasteiger partial charge in [-0.05, 0) is 57.8 Å². The lowest BCUT2D eigenvalue weighted by Gasteiger charge is -2.30. The van der Waals surface area contributed by atoms with Crippen LogP contribution in [0.25, 0.3) is 0 Å². The van der Waals surface area contributed by atoms with Crippen LogP contribution in [0.4, 0.5) is 8.78 Å². The number of amides is 2. The molecular formula is C19H30F2N2O2. The molecule has 0 N–H and O–H groups in total. The van der Waals surface area contributed by atoms with E-state index in [2.05, 4.69) is 0 Å². The van der Waals surface area contributed by atoms with E-state index in [9.17, 15) is 18.4 Å². The fourth-order valence-electron chi connectivity index (χ4n) is 4.47. The van der Waals surface area contributed by atoms with Crippen molar-refractivity contribution in [1.29, 1.82) is 0 Å². The van der Waals surface area contributed by atoms with Crippen LogP contribution in [0.3, 0.4) is 0 Å². The molecule has 1 saturated heterocycles. The molecular weight excluding hydrogens is 326 g/mol. The van der Waals surface area contributed by atoms with Crippen LogP contribution in [0.1, 0.15) is 57.8 Å². The minimum Gasteiger partial charge on any atom is -0.341 e. The maximum atomic E-state index is 13.3. The summed E-state index contributed by atoms with van der Waals surface area (Å²) in [7, 11) is 0. The van der Waals surface area contributed by atoms with Crippen LogP contribution in [0.2, 0.25) is 0 Å². The molecule has 1 heterocycles. The van der Waals surface area contributed by atoms with Crippen molar-refractivity contribution in [3.05, 3.63) is 0 Å². The number of hydrogen-bond acceptors (Lipinski definition) is 2. The number of carbonyl (C=O) groups excluding carboxylic acids is 2. The summed E-state index contributed by atoms with van der Waals surface area (Å²) in [6.45, 7) is 2.49. The average molecular weight is 356 g/mol. The van der Waals surface area contributed by atoms with Crippen LogP contribution < -0.4 is 0 Å². The van der Waals surface area contributed by atoms with E-state index in [0.29, 0.717) is 77.5 Å². The Hall–Kier alpha value is -1.20. The van der Waals surface area contributed by atoms with E-state index in [0.717, 1.165) is 6.42 Å². The number of rotatable bonds is 2. The zero-order valence-electron chi connectivity index (χ0n) is 15.0. The number of hydrogen-bond donors (Lipinski definition) is 0. The van der Waals surface area contributed by atoms with E-state index < -0.39 is 12.3 Å². The molecule has 0 bridgehead atoms. The standard InChI is InChI=1S/C19H30F2N2O2/c20-16-6-2-14(3-7-16)18(24)22-10-1-11-23(13-12-22)19(25)15-4-8-17(21)9-5-15/h14-17H,1-13H2. The van der Waals surface area contributed by atoms with Gasteiger partial charge in [0.15, 0.2) is 0 Å². The first-order chi connectivity index (χ1) is 12.0. The first kappa shape index (κ1) is 18.6. The molecule has 2 saturated carbocycles. The summed E-state index contributed by atoms with van der Waals surface area (Å²) < 4.78 is 26.6. The summed E-state index contributed by atoms with van der Waals surface area (Å²) in [5, 5.41) is 0. The summed E-state index contributed by atoms with van der Waals surface area (Å²) in [6, 6.07) is 0. The van der Waals surface area contributed by atoms with E-state index in [1.807, 2.05) is 9.80 Å². The van der Waals surface area contributed by atoms with Gasteiger partial charge in [0.2, 0.25) is 11.8 Å². The molecule has 4 nitrogen and oxygen atoms in total. The first-order valence-corrected chi connectivity index (χ1v) is 9.90. The Morgan fingerprint density at radius 2 is 0.960 bits per heavy atom. The monoisotopic (exact) mass is 356 g/mol. The quantitative estimate of drug-likeness (QED) is 0.763. The summed E-state index contributed by atoms with van der Waals surface area (Å²) in [5.41, 5.74) is 0. The third-order valence-electron chi connectivity index (χ3n) is 6.13. The summed E-state index contributed by atoms with van der Waals surface area (Å²) in [5.74, 6) is 0.182. The smallest absolute Gasteiger partial charge is 0.225 e. The highest BCUT2D eigenvalue weighted by molar-refractivity contribution is 5.80. The summed E-state index contributed by atoms with van der Waals surface area (Å²) in [4.78, 5) is 29.1. The van der Waals surface area contributed by atoms with Crippen molar-refractivity contribution in [3.8, 4) is 0 Å². The maximum Gasteiger partial charge on any atom is 0.225 e. The minimum absolute atomic E-state index is 0.0471. The van der Waals surface area contributed by atoms with Crippen molar-refractivity contribution in [2.45, 2.75) is 70.1 Å². The molecule has 3 fully saturated rings. The second-order valence-corrected chi connectivity index (χ2v) is 7.90. The maximum absolute atomic E-state index is 13.3. The SMILES string of the molecule is O=C(C1CCC(F)CC1)N1CCCN(C(=O)C2CCC(F)CC2)CC1. The van der Waals surface area contributed by atoms with Gasteiger partial charge in [-0.25, -0.2) is 8.78 Å². The molecule has 3 rings (SSSR count). The Morgan fingerprint density at radius 1 is 0.600 bits per heavy atom. The van der Waals surface area contributed by atoms with Crippen LogP contribution in [0, 0.1) is 11.8 Å². The molecule has 2 amide bonds. The first-order valence-electron chi connectivity index (χ1n) is 9.90. The van der Waals surface area contributed by atoms with Crippen molar-refractivity contribution in [2.75, 3.05) is 26.2 Å². The van der Waals surface area contributed by atoms with Gasteiger partial charge in [0.05, 0.1) is 0 Å². The van der Waals surface area contributed by atoms with E-state index in [1.165, 1.54) is 0 Å². The molecule has 6 heteroatoms. The highest BCUT2D eigenvalue weighted by Crippen LogP contribution is 2.29. The minimum atomic E-state index is -0.749. The number of carbonyl (C=O) groups is 2. The zero-order valence-corrected chi connectivity index (χ0v) is 15.0. The van der Waals surface area contributed by atoms with Crippen LogP contribution in [-0.4, -0.2) is 60.1 Å². The predicted octanol–water partition coefficient (Wildman–Crippen LogP) is 3.10. The van der Waals surface area contributed by atoms with Gasteiger partial charge in [0, 0.05) is 38.0 Å². The van der Waals surface area contributed by atoms with E-state index in [-0.39, 0.29) is 23.7 Å². The van der Waals surface area contributed by atoms with Gasteiger partial charge in [0.25, 0.3) is 0 Å². The molecule has 25 heavy (non-hydrogen) atoms. The van der Waals surface area contributed by atoms with E-state index >= 15 is 0 Å². The van der Waals surface area contributed by atoms with Crippen molar-refractivity contribution >= 4 is 11.8 Å². The fourth-order valence-corrected chi connectivity index (χ4v) is 4.47. The lowest BCUT2D eigenvalue weighted by Crippen LogP contribution is -2.42. The molecule has 3 aliphatic rings. The lowest BCUT2D eigenvalue weighted by molar-refractivity contribution is -0.139. The fraction of sp³-hybridized carbons (Fsp3) is 0.895. The van der Waals surface area contributed by atoms with Gasteiger partial charge >= 0.3 is 0 Å². The Balaban J connectivity index is 1.50. The molecule has 0 aromatic carbocycles. The molecule has 0 radical (unpaired) electrons. The van der Waals surface area contributed by atoms with Gasteiger partial charge in [-0.3, -0.25) is 9.59 Å². The van der Waals surface area contributed by atoms with E-state index in [4.69, 9.17) is 0 Å². The topological polar surface area (TPSA) is 40.6 Å². The molecule has 0 spiro atoms. The van der Waals surface area contributed by atoms with Gasteiger partial charge < -0.3 is 9.80 Å². The van der Waals surface area contributed by atoms with Crippen molar-refractivity contribution in [2.24, 2.45) is 11.8 Å². The largest absolute Gasteiger partial charge is 0.341 e. The van der Waals surface area contributed by atoms with Crippen LogP contribution in [-0.2, 0) is 9.59 Å². The highest BCUT2D eigenvalue weighted by atomic mass is 19.1. The van der Waals surface area contributed by atoms with Crippen LogP contribution in [0.5, 0.6) is 0 Å². The Kier molecular flexibility index (Phi) is 6.29. The molecule has 0 unspecified atom stereocenters. The third kappa shape index (κ3) is 4.70. The molecule has 0 aromatic heterocycles. The normalized spacial score (nSPS) is 34.5.